The normalized spacial score (nSPS) is 14.7. The van der Waals surface area contributed by atoms with E-state index < -0.39 is 0 Å². The zero-order valence-corrected chi connectivity index (χ0v) is 11.6. The highest BCUT2D eigenvalue weighted by Crippen LogP contribution is 2.28. The zero-order chi connectivity index (χ0) is 13.7. The number of ether oxygens (including phenoxy) is 2. The lowest BCUT2D eigenvalue weighted by Crippen LogP contribution is -2.29. The molecule has 1 aliphatic carbocycles. The molecule has 1 aromatic rings. The van der Waals surface area contributed by atoms with Crippen LogP contribution in [0.5, 0.6) is 0 Å². The van der Waals surface area contributed by atoms with Gasteiger partial charge >= 0.3 is 5.97 Å². The molecular weight excluding hydrogens is 242 g/mol. The van der Waals surface area contributed by atoms with E-state index in [1.54, 1.807) is 7.11 Å². The number of nitrogens with zero attached hydrogens (tertiary/aromatic N) is 1. The van der Waals surface area contributed by atoms with E-state index in [1.165, 1.54) is 20.0 Å². The molecule has 1 aliphatic rings. The first kappa shape index (κ1) is 14.0. The molecule has 1 aromatic carbocycles. The first-order chi connectivity index (χ1) is 9.26. The van der Waals surface area contributed by atoms with E-state index >= 15 is 0 Å². The minimum Gasteiger partial charge on any atom is -0.465 e. The van der Waals surface area contributed by atoms with Crippen LogP contribution in [-0.2, 0) is 16.0 Å². The van der Waals surface area contributed by atoms with Gasteiger partial charge in [0.1, 0.15) is 0 Å². The van der Waals surface area contributed by atoms with Crippen LogP contribution in [0.15, 0.2) is 24.3 Å². The summed E-state index contributed by atoms with van der Waals surface area (Å²) in [7, 11) is 3.14. The highest BCUT2D eigenvalue weighted by atomic mass is 16.5. The van der Waals surface area contributed by atoms with Crippen molar-refractivity contribution in [1.29, 1.82) is 0 Å². The number of methoxy groups -OCH3 is 2. The second-order valence-corrected chi connectivity index (χ2v) is 4.84. The maximum absolute atomic E-state index is 11.7. The summed E-state index contributed by atoms with van der Waals surface area (Å²) in [5.74, 6) is -0.266. The second-order valence-electron chi connectivity index (χ2n) is 4.84. The Labute approximate surface area is 114 Å². The number of carbonyl (C=O) groups is 1. The maximum Gasteiger partial charge on any atom is 0.338 e. The Hall–Kier alpha value is -1.39. The third-order valence-electron chi connectivity index (χ3n) is 3.44. The molecular formula is C15H21NO3. The van der Waals surface area contributed by atoms with Crippen molar-refractivity contribution in [1.82, 2.24) is 4.90 Å². The van der Waals surface area contributed by atoms with Gasteiger partial charge in [-0.3, -0.25) is 4.90 Å². The summed E-state index contributed by atoms with van der Waals surface area (Å²) in [5.41, 5.74) is 1.69. The third kappa shape index (κ3) is 3.78. The molecule has 0 aliphatic heterocycles. The van der Waals surface area contributed by atoms with E-state index in [9.17, 15) is 4.79 Å². The summed E-state index contributed by atoms with van der Waals surface area (Å²) in [6.07, 6.45) is 2.48. The maximum atomic E-state index is 11.7. The van der Waals surface area contributed by atoms with Crippen molar-refractivity contribution in [3.05, 3.63) is 35.4 Å². The molecule has 4 nitrogen and oxygen atoms in total. The summed E-state index contributed by atoms with van der Waals surface area (Å²) in [6, 6.07) is 8.29. The SMILES string of the molecule is COCCN(Cc1ccccc1C(=O)OC)C1CC1. The number of benzene rings is 1. The van der Waals surface area contributed by atoms with Crippen LogP contribution in [-0.4, -0.2) is 44.3 Å². The Bertz CT molecular complexity index is 429. The van der Waals surface area contributed by atoms with Crippen molar-refractivity contribution in [2.75, 3.05) is 27.4 Å². The largest absolute Gasteiger partial charge is 0.465 e. The Kier molecular flexibility index (Phi) is 4.93. The average Bonchev–Trinajstić information content (AvgIpc) is 3.27. The fourth-order valence-electron chi connectivity index (χ4n) is 2.23. The number of hydrogen-bond donors (Lipinski definition) is 0. The summed E-state index contributed by atoms with van der Waals surface area (Å²) in [5, 5.41) is 0. The van der Waals surface area contributed by atoms with Crippen molar-refractivity contribution < 1.29 is 14.3 Å². The summed E-state index contributed by atoms with van der Waals surface area (Å²) >= 11 is 0. The van der Waals surface area contributed by atoms with Crippen LogP contribution in [0.3, 0.4) is 0 Å². The van der Waals surface area contributed by atoms with Gasteiger partial charge in [-0.1, -0.05) is 18.2 Å². The molecule has 0 N–H and O–H groups in total. The van der Waals surface area contributed by atoms with Gasteiger partial charge in [0.25, 0.3) is 0 Å². The van der Waals surface area contributed by atoms with Crippen LogP contribution < -0.4 is 0 Å². The average molecular weight is 263 g/mol. The molecule has 104 valence electrons. The third-order valence-corrected chi connectivity index (χ3v) is 3.44. The predicted octanol–water partition coefficient (Wildman–Crippen LogP) is 2.08. The van der Waals surface area contributed by atoms with Gasteiger partial charge in [0, 0.05) is 26.2 Å². The number of esters is 1. The minimum atomic E-state index is -0.266. The van der Waals surface area contributed by atoms with E-state index in [0.29, 0.717) is 11.6 Å². The number of carbonyl (C=O) groups excluding carboxylic acids is 1. The van der Waals surface area contributed by atoms with Gasteiger partial charge in [0.05, 0.1) is 19.3 Å². The minimum absolute atomic E-state index is 0.266. The molecule has 0 atom stereocenters. The Morgan fingerprint density at radius 2 is 2.05 bits per heavy atom. The number of rotatable bonds is 7. The molecule has 0 bridgehead atoms. The fourth-order valence-corrected chi connectivity index (χ4v) is 2.23. The highest BCUT2D eigenvalue weighted by Gasteiger charge is 2.29. The van der Waals surface area contributed by atoms with Crippen molar-refractivity contribution >= 4 is 5.97 Å². The number of hydrogen-bond acceptors (Lipinski definition) is 4. The van der Waals surface area contributed by atoms with Crippen molar-refractivity contribution in [2.24, 2.45) is 0 Å². The molecule has 1 saturated carbocycles. The lowest BCUT2D eigenvalue weighted by atomic mass is 10.1. The molecule has 4 heteroatoms. The fraction of sp³-hybridized carbons (Fsp3) is 0.533. The first-order valence-corrected chi connectivity index (χ1v) is 6.65. The molecule has 19 heavy (non-hydrogen) atoms. The van der Waals surface area contributed by atoms with Gasteiger partial charge < -0.3 is 9.47 Å². The molecule has 0 unspecified atom stereocenters. The Morgan fingerprint density at radius 1 is 1.32 bits per heavy atom. The van der Waals surface area contributed by atoms with Gasteiger partial charge in [-0.2, -0.15) is 0 Å². The summed E-state index contributed by atoms with van der Waals surface area (Å²) in [4.78, 5) is 14.1. The van der Waals surface area contributed by atoms with Gasteiger partial charge in [0.2, 0.25) is 0 Å². The molecule has 0 heterocycles. The quantitative estimate of drug-likeness (QED) is 0.706. The van der Waals surface area contributed by atoms with E-state index in [0.717, 1.165) is 25.3 Å². The first-order valence-electron chi connectivity index (χ1n) is 6.65. The van der Waals surface area contributed by atoms with Crippen LogP contribution in [0, 0.1) is 0 Å². The zero-order valence-electron chi connectivity index (χ0n) is 11.6. The van der Waals surface area contributed by atoms with E-state index in [4.69, 9.17) is 9.47 Å². The molecule has 0 spiro atoms. The van der Waals surface area contributed by atoms with Crippen LogP contribution >= 0.6 is 0 Å². The smallest absolute Gasteiger partial charge is 0.338 e. The van der Waals surface area contributed by atoms with E-state index in [1.807, 2.05) is 24.3 Å². The standard InChI is InChI=1S/C15H21NO3/c1-18-10-9-16(13-7-8-13)11-12-5-3-4-6-14(12)15(17)19-2/h3-6,13H,7-11H2,1-2H3. The highest BCUT2D eigenvalue weighted by molar-refractivity contribution is 5.90. The van der Waals surface area contributed by atoms with Gasteiger partial charge in [-0.25, -0.2) is 4.79 Å². The predicted molar refractivity (Wildman–Crippen MR) is 73.1 cm³/mol. The van der Waals surface area contributed by atoms with Crippen LogP contribution in [0.1, 0.15) is 28.8 Å². The van der Waals surface area contributed by atoms with Crippen LogP contribution in [0.25, 0.3) is 0 Å². The summed E-state index contributed by atoms with van der Waals surface area (Å²) in [6.45, 7) is 2.40. The van der Waals surface area contributed by atoms with Crippen molar-refractivity contribution in [2.45, 2.75) is 25.4 Å². The van der Waals surface area contributed by atoms with Gasteiger partial charge in [-0.15, -0.1) is 0 Å². The van der Waals surface area contributed by atoms with Gasteiger partial charge in [0.15, 0.2) is 0 Å². The van der Waals surface area contributed by atoms with Crippen LogP contribution in [0.4, 0.5) is 0 Å². The van der Waals surface area contributed by atoms with E-state index in [-0.39, 0.29) is 5.97 Å². The second kappa shape index (κ2) is 6.68. The molecule has 1 fully saturated rings. The van der Waals surface area contributed by atoms with Crippen molar-refractivity contribution in [3.8, 4) is 0 Å². The molecule has 2 rings (SSSR count). The van der Waals surface area contributed by atoms with Crippen molar-refractivity contribution in [3.63, 3.8) is 0 Å². The molecule has 0 saturated heterocycles. The molecule has 0 aromatic heterocycles. The lowest BCUT2D eigenvalue weighted by Gasteiger charge is -2.22. The van der Waals surface area contributed by atoms with Gasteiger partial charge in [-0.05, 0) is 24.5 Å². The Balaban J connectivity index is 2.09. The monoisotopic (exact) mass is 263 g/mol. The Morgan fingerprint density at radius 3 is 2.68 bits per heavy atom. The lowest BCUT2D eigenvalue weighted by molar-refractivity contribution is 0.0597. The van der Waals surface area contributed by atoms with Crippen LogP contribution in [0.2, 0.25) is 0 Å². The molecule has 0 radical (unpaired) electrons. The summed E-state index contributed by atoms with van der Waals surface area (Å²) < 4.78 is 9.99. The topological polar surface area (TPSA) is 38.8 Å². The van der Waals surface area contributed by atoms with E-state index in [2.05, 4.69) is 4.90 Å². The molecule has 0 amide bonds.